The lowest BCUT2D eigenvalue weighted by atomic mass is 9.47. The molecule has 13 atom stereocenters. The van der Waals surface area contributed by atoms with Gasteiger partial charge in [-0.25, -0.2) is 24.0 Å². The highest BCUT2D eigenvalue weighted by Gasteiger charge is 2.80. The number of nitrogens with zero attached hydrogens (tertiary/aromatic N) is 3. The third kappa shape index (κ3) is 9.27. The number of H-pyrrole nitrogens is 1. The highest BCUT2D eigenvalue weighted by molar-refractivity contribution is 5.95. The highest BCUT2D eigenvalue weighted by atomic mass is 16.6. The molecule has 418 valence electrons. The fourth-order valence-electron chi connectivity index (χ4n) is 13.4. The van der Waals surface area contributed by atoms with Gasteiger partial charge in [0.1, 0.15) is 11.2 Å². The van der Waals surface area contributed by atoms with E-state index in [1.54, 1.807) is 7.11 Å². The van der Waals surface area contributed by atoms with Gasteiger partial charge in [-0.2, -0.15) is 0 Å². The smallest absolute Gasteiger partial charge is 0.344 e. The fourth-order valence-corrected chi connectivity index (χ4v) is 13.4. The van der Waals surface area contributed by atoms with E-state index in [1.807, 2.05) is 37.1 Å². The third-order valence-corrected chi connectivity index (χ3v) is 16.4. The number of methoxy groups -OCH3 is 3. The van der Waals surface area contributed by atoms with E-state index in [0.29, 0.717) is 50.2 Å². The van der Waals surface area contributed by atoms with Gasteiger partial charge in [-0.15, -0.1) is 0 Å². The highest BCUT2D eigenvalue weighted by Crippen LogP contribution is 2.68. The summed E-state index contributed by atoms with van der Waals surface area (Å²) in [5.41, 5.74) is 1.05. The molecule has 9 rings (SSSR count). The zero-order valence-corrected chi connectivity index (χ0v) is 43.5. The summed E-state index contributed by atoms with van der Waals surface area (Å²) in [6, 6.07) is 11.2. The van der Waals surface area contributed by atoms with Crippen LogP contribution in [0.15, 0.2) is 60.2 Å². The maximum absolute atomic E-state index is 15.2. The molecule has 2 unspecified atom stereocenters. The molecule has 0 amide bonds. The van der Waals surface area contributed by atoms with Crippen LogP contribution in [-0.2, 0) is 65.1 Å². The van der Waals surface area contributed by atoms with Crippen LogP contribution < -0.4 is 9.64 Å². The van der Waals surface area contributed by atoms with E-state index in [9.17, 15) is 33.9 Å². The Morgan fingerprint density at radius 1 is 0.805 bits per heavy atom. The van der Waals surface area contributed by atoms with Gasteiger partial charge in [-0.3, -0.25) is 19.4 Å². The number of nitrogens with one attached hydrogen (secondary N) is 1. The molecule has 24 heteroatoms. The Bertz CT molecular complexity index is 2830. The number of carboxylic acids is 4. The number of rotatable bonds is 13. The summed E-state index contributed by atoms with van der Waals surface area (Å²) in [4.78, 5) is 92.2. The second-order valence-electron chi connectivity index (χ2n) is 20.3. The van der Waals surface area contributed by atoms with Gasteiger partial charge < -0.3 is 74.8 Å². The van der Waals surface area contributed by atoms with Gasteiger partial charge in [-0.1, -0.05) is 55.8 Å². The molecular weight excluding hydrogens is 1010 g/mol. The lowest BCUT2D eigenvalue weighted by molar-refractivity contribution is -0.228. The number of aliphatic hydroxyl groups is 5. The summed E-state index contributed by atoms with van der Waals surface area (Å²) in [5, 5.41) is 79.4. The Morgan fingerprint density at radius 2 is 1.40 bits per heavy atom. The zero-order chi connectivity index (χ0) is 56.9. The van der Waals surface area contributed by atoms with Crippen LogP contribution in [0.5, 0.6) is 5.75 Å². The Labute approximate surface area is 441 Å². The zero-order valence-electron chi connectivity index (χ0n) is 43.5. The Morgan fingerprint density at radius 3 is 1.94 bits per heavy atom. The van der Waals surface area contributed by atoms with Crippen LogP contribution in [0.4, 0.5) is 5.69 Å². The van der Waals surface area contributed by atoms with E-state index < -0.39 is 94.2 Å². The molecule has 0 radical (unpaired) electrons. The van der Waals surface area contributed by atoms with Crippen LogP contribution in [0, 0.1) is 11.3 Å². The number of aromatic amines is 1. The van der Waals surface area contributed by atoms with Crippen molar-refractivity contribution in [1.82, 2.24) is 14.8 Å². The van der Waals surface area contributed by atoms with Gasteiger partial charge in [0.25, 0.3) is 0 Å². The first-order valence-corrected chi connectivity index (χ1v) is 24.9. The Hall–Kier alpha value is -6.93. The SMILES string of the molecule is CCC1=CC2CN(C1)Cc1c([nH]c3ccccc13)[C@@](C(=O)OC)(c1cc3c(cc1OC)N(C)[C@H]1[C@@](O)(C(=O)OC)[C@H](OC(C)=O)[C@]4(CC)C=CCN5CC[C@@]31[C@H]54)C2.O=C(O)[C@H](O)[C@@H](O)C(=O)O.O=C(O)[C@H](O)[C@@H](O)C(=O)O. The standard InChI is InChI=1S/C45H54N4O8.2C4H6O6/c1-8-27-19-28-22-44(40(51)55-6,36-30(25-48(23-27)24-28)29-13-10-11-14-33(29)46-36)32-20-31-34(21-35(32)54-5)47(4)38-43(31)16-18-49-17-12-15-42(9-2,37(43)49)39(57-26(3)50)45(38,53)41(52)56-7;2*5-1(3(7)8)2(6)4(9)10/h10-15,19-21,28,37-39,46,53H,8-9,16-18,22-25H2,1-7H3;2*1-2,5-6H,(H,7,8)(H,9,10)/t28?,37-,38-,39-,42-,43+,44+,45+;2*1-,2-/m111/s1. The maximum Gasteiger partial charge on any atom is 0.344 e. The molecule has 77 heavy (non-hydrogen) atoms. The molecule has 1 aromatic heterocycles. The molecule has 10 N–H and O–H groups in total. The number of para-hydroxylation sites is 1. The summed E-state index contributed by atoms with van der Waals surface area (Å²) in [6.07, 6.45) is -1.39. The van der Waals surface area contributed by atoms with Gasteiger partial charge in [0.05, 0.1) is 27.4 Å². The quantitative estimate of drug-likeness (QED) is 0.0633. The average Bonchev–Trinajstić information content (AvgIpc) is 4.06. The second-order valence-corrected chi connectivity index (χ2v) is 20.3. The summed E-state index contributed by atoms with van der Waals surface area (Å²) in [5.74, 6) is -8.39. The number of fused-ring (bicyclic) bond motifs is 6. The van der Waals surface area contributed by atoms with Gasteiger partial charge >= 0.3 is 41.8 Å². The summed E-state index contributed by atoms with van der Waals surface area (Å²) in [7, 11) is 6.22. The number of likely N-dealkylation sites (N-methyl/N-ethyl adjacent to an activating group) is 1. The molecule has 1 aliphatic carbocycles. The molecule has 2 bridgehead atoms. The van der Waals surface area contributed by atoms with Crippen LogP contribution in [0.2, 0.25) is 0 Å². The van der Waals surface area contributed by atoms with Crippen LogP contribution >= 0.6 is 0 Å². The minimum Gasteiger partial charge on any atom is -0.496 e. The molecule has 1 saturated heterocycles. The van der Waals surface area contributed by atoms with Crippen LogP contribution in [-0.4, -0.2) is 205 Å². The van der Waals surface area contributed by atoms with E-state index in [4.69, 9.17) is 59.8 Å². The van der Waals surface area contributed by atoms with E-state index >= 15 is 4.79 Å². The number of benzene rings is 2. The lowest BCUT2D eigenvalue weighted by Crippen LogP contribution is -2.81. The first-order valence-electron chi connectivity index (χ1n) is 24.9. The lowest BCUT2D eigenvalue weighted by Gasteiger charge is -2.63. The van der Waals surface area contributed by atoms with Crippen LogP contribution in [0.25, 0.3) is 10.9 Å². The number of hydrogen-bond donors (Lipinski definition) is 10. The normalized spacial score (nSPS) is 29.9. The van der Waals surface area contributed by atoms with E-state index in [0.717, 1.165) is 52.9 Å². The molecule has 2 fully saturated rings. The molecule has 6 aliphatic rings. The van der Waals surface area contributed by atoms with E-state index in [-0.39, 0.29) is 17.9 Å². The molecule has 2 aromatic carbocycles. The predicted molar refractivity (Wildman–Crippen MR) is 269 cm³/mol. The van der Waals surface area contributed by atoms with Crippen molar-refractivity contribution in [2.45, 2.75) is 112 Å². The van der Waals surface area contributed by atoms with Gasteiger partial charge in [-0.05, 0) is 61.4 Å². The van der Waals surface area contributed by atoms with Gasteiger partial charge in [0.15, 0.2) is 30.5 Å². The number of esters is 3. The van der Waals surface area contributed by atoms with E-state index in [1.165, 1.54) is 26.7 Å². The number of hydrogen-bond acceptors (Lipinski definition) is 19. The Balaban J connectivity index is 0.000000365. The topological polar surface area (TPSA) is 364 Å². The second kappa shape index (κ2) is 21.8. The van der Waals surface area contributed by atoms with Crippen molar-refractivity contribution in [2.24, 2.45) is 11.3 Å². The van der Waals surface area contributed by atoms with Crippen molar-refractivity contribution < 1.29 is 98.5 Å². The monoisotopic (exact) mass is 1080 g/mol. The Kier molecular flexibility index (Phi) is 16.4. The minimum atomic E-state index is -2.27. The van der Waals surface area contributed by atoms with Crippen LogP contribution in [0.3, 0.4) is 0 Å². The molecule has 3 aromatic rings. The minimum absolute atomic E-state index is 0.0284. The van der Waals surface area contributed by atoms with Gasteiger partial charge in [0, 0.05) is 90.9 Å². The largest absolute Gasteiger partial charge is 0.496 e. The van der Waals surface area contributed by atoms with Gasteiger partial charge in [0.2, 0.25) is 5.60 Å². The third-order valence-electron chi connectivity index (χ3n) is 16.4. The number of anilines is 1. The van der Waals surface area contributed by atoms with Crippen molar-refractivity contribution in [3.8, 4) is 5.75 Å². The van der Waals surface area contributed by atoms with Crippen molar-refractivity contribution in [3.63, 3.8) is 0 Å². The number of aliphatic hydroxyl groups excluding tert-OH is 4. The number of carboxylic acid groups (broad SMARTS) is 4. The van der Waals surface area contributed by atoms with E-state index in [2.05, 4.69) is 58.1 Å². The molecule has 1 saturated carbocycles. The predicted octanol–water partition coefficient (Wildman–Crippen LogP) is 0.508. The fraction of sp³-hybridized carbons (Fsp3) is 0.528. The number of carbonyl (C=O) groups is 7. The first kappa shape index (κ1) is 57.8. The number of aliphatic carboxylic acids is 4. The average molecular weight is 1080 g/mol. The van der Waals surface area contributed by atoms with Crippen molar-refractivity contribution in [3.05, 3.63) is 82.6 Å². The molecule has 5 aliphatic heterocycles. The van der Waals surface area contributed by atoms with Crippen molar-refractivity contribution >= 4 is 58.4 Å². The summed E-state index contributed by atoms with van der Waals surface area (Å²) < 4.78 is 23.9. The summed E-state index contributed by atoms with van der Waals surface area (Å²) >= 11 is 0. The maximum atomic E-state index is 15.2. The van der Waals surface area contributed by atoms with Crippen molar-refractivity contribution in [1.29, 1.82) is 0 Å². The molecule has 24 nitrogen and oxygen atoms in total. The number of aromatic nitrogens is 1. The van der Waals surface area contributed by atoms with Crippen LogP contribution in [0.1, 0.15) is 68.8 Å². The first-order chi connectivity index (χ1) is 36.3. The molecule has 1 spiro atoms. The molecular formula is C53H66N4O20. The van der Waals surface area contributed by atoms with Crippen molar-refractivity contribution in [2.75, 3.05) is 59.5 Å². The molecule has 6 heterocycles. The summed E-state index contributed by atoms with van der Waals surface area (Å²) in [6.45, 7) is 9.19. The number of carbonyl (C=O) groups excluding carboxylic acids is 3. The number of ether oxygens (including phenoxy) is 4.